The van der Waals surface area contributed by atoms with Gasteiger partial charge >= 0.3 is 0 Å². The molecule has 142 valence electrons. The Balaban J connectivity index is 1.82. The Morgan fingerprint density at radius 3 is 2.73 bits per heavy atom. The monoisotopic (exact) mass is 376 g/mol. The molecule has 0 bridgehead atoms. The van der Waals surface area contributed by atoms with Crippen LogP contribution < -0.4 is 4.90 Å². The fourth-order valence-corrected chi connectivity index (χ4v) is 4.16. The zero-order chi connectivity index (χ0) is 18.9. The van der Waals surface area contributed by atoms with Gasteiger partial charge in [-0.2, -0.15) is 0 Å². The van der Waals surface area contributed by atoms with Gasteiger partial charge in [-0.25, -0.2) is 18.4 Å². The summed E-state index contributed by atoms with van der Waals surface area (Å²) in [6.45, 7) is 7.23. The molecule has 1 aromatic heterocycles. The molecule has 2 aromatic rings. The normalized spacial score (nSPS) is 19.0. The Morgan fingerprint density at radius 1 is 1.27 bits per heavy atom. The van der Waals surface area contributed by atoms with E-state index in [1.54, 1.807) is 18.2 Å². The molecule has 0 aliphatic carbocycles. The molecule has 26 heavy (non-hydrogen) atoms. The highest BCUT2D eigenvalue weighted by Gasteiger charge is 2.19. The number of hydrogen-bond donors (Lipinski definition) is 0. The van der Waals surface area contributed by atoms with E-state index in [1.165, 1.54) is 25.5 Å². The van der Waals surface area contributed by atoms with E-state index in [9.17, 15) is 8.42 Å². The van der Waals surface area contributed by atoms with Crippen LogP contribution in [-0.2, 0) is 9.84 Å². The predicted octanol–water partition coefficient (Wildman–Crippen LogP) is 2.65. The molecule has 0 spiro atoms. The minimum Gasteiger partial charge on any atom is -0.343 e. The Hall–Kier alpha value is -1.73. The minimum atomic E-state index is -3.25. The molecule has 1 aliphatic heterocycles. The van der Waals surface area contributed by atoms with E-state index in [4.69, 9.17) is 0 Å². The fourth-order valence-electron chi connectivity index (χ4n) is 3.52. The quantitative estimate of drug-likeness (QED) is 0.799. The topological polar surface area (TPSA) is 66.4 Å². The van der Waals surface area contributed by atoms with Crippen molar-refractivity contribution in [3.8, 4) is 0 Å². The maximum absolute atomic E-state index is 11.8. The van der Waals surface area contributed by atoms with Crippen molar-refractivity contribution in [2.24, 2.45) is 0 Å². The van der Waals surface area contributed by atoms with Crippen molar-refractivity contribution >= 4 is 26.7 Å². The van der Waals surface area contributed by atoms with E-state index in [1.807, 2.05) is 14.0 Å². The summed E-state index contributed by atoms with van der Waals surface area (Å²) in [5.74, 6) is 0.644. The first-order valence-corrected chi connectivity index (χ1v) is 11.1. The number of sulfone groups is 1. The average molecular weight is 377 g/mol. The first-order chi connectivity index (χ1) is 12.3. The Labute approximate surface area is 156 Å². The second-order valence-corrected chi connectivity index (χ2v) is 9.38. The molecule has 1 aliphatic rings. The van der Waals surface area contributed by atoms with Crippen molar-refractivity contribution < 1.29 is 8.42 Å². The number of fused-ring (bicyclic) bond motifs is 1. The zero-order valence-corrected chi connectivity index (χ0v) is 16.9. The number of benzene rings is 1. The largest absolute Gasteiger partial charge is 0.343 e. The maximum atomic E-state index is 11.8. The van der Waals surface area contributed by atoms with Crippen molar-refractivity contribution in [2.75, 3.05) is 37.8 Å². The molecule has 0 amide bonds. The first-order valence-electron chi connectivity index (χ1n) is 9.19. The van der Waals surface area contributed by atoms with Crippen molar-refractivity contribution in [2.45, 2.75) is 44.0 Å². The highest BCUT2D eigenvalue weighted by molar-refractivity contribution is 7.90. The van der Waals surface area contributed by atoms with E-state index in [0.29, 0.717) is 22.4 Å². The van der Waals surface area contributed by atoms with Gasteiger partial charge in [-0.3, -0.25) is 4.90 Å². The van der Waals surface area contributed by atoms with E-state index in [2.05, 4.69) is 26.7 Å². The molecular weight excluding hydrogens is 348 g/mol. The van der Waals surface area contributed by atoms with Gasteiger partial charge in [0.1, 0.15) is 0 Å². The summed E-state index contributed by atoms with van der Waals surface area (Å²) in [6.07, 6.45) is 5.08. The van der Waals surface area contributed by atoms with Crippen molar-refractivity contribution in [3.05, 3.63) is 23.9 Å². The van der Waals surface area contributed by atoms with Gasteiger partial charge < -0.3 is 4.90 Å². The summed E-state index contributed by atoms with van der Waals surface area (Å²) in [7, 11) is -1.26. The standard InChI is InChI=1S/C19H28N4O2S/c1-14-7-5-6-10-23(14)12-11-22(3)19-20-15(2)17-9-8-16(26(4,24)25)13-18(17)21-19/h8-9,13-14H,5-7,10-12H2,1-4H3/t14-/m1/s1. The molecule has 7 heteroatoms. The lowest BCUT2D eigenvalue weighted by atomic mass is 10.0. The van der Waals surface area contributed by atoms with E-state index >= 15 is 0 Å². The predicted molar refractivity (Wildman–Crippen MR) is 106 cm³/mol. The van der Waals surface area contributed by atoms with Gasteiger partial charge in [0.25, 0.3) is 0 Å². The second kappa shape index (κ2) is 7.48. The summed E-state index contributed by atoms with van der Waals surface area (Å²) < 4.78 is 23.7. The lowest BCUT2D eigenvalue weighted by Gasteiger charge is -2.34. The van der Waals surface area contributed by atoms with Gasteiger partial charge in [0.15, 0.2) is 9.84 Å². The van der Waals surface area contributed by atoms with E-state index in [0.717, 1.165) is 30.7 Å². The Bertz CT molecular complexity index is 898. The van der Waals surface area contributed by atoms with Gasteiger partial charge in [0, 0.05) is 37.8 Å². The van der Waals surface area contributed by atoms with Gasteiger partial charge in [-0.05, 0) is 51.4 Å². The highest BCUT2D eigenvalue weighted by atomic mass is 32.2. The number of nitrogens with zero attached hydrogens (tertiary/aromatic N) is 4. The molecule has 1 atom stereocenters. The summed E-state index contributed by atoms with van der Waals surface area (Å²) in [5.41, 5.74) is 1.54. The van der Waals surface area contributed by atoms with Crippen LogP contribution in [0.2, 0.25) is 0 Å². The first kappa shape index (κ1) is 19.0. The Kier molecular flexibility index (Phi) is 5.48. The third-order valence-electron chi connectivity index (χ3n) is 5.28. The number of hydrogen-bond acceptors (Lipinski definition) is 6. The lowest BCUT2D eigenvalue weighted by Crippen LogP contribution is -2.42. The third kappa shape index (κ3) is 4.15. The molecular formula is C19H28N4O2S. The van der Waals surface area contributed by atoms with Gasteiger partial charge in [-0.15, -0.1) is 0 Å². The summed E-state index contributed by atoms with van der Waals surface area (Å²) in [4.78, 5) is 14.1. The summed E-state index contributed by atoms with van der Waals surface area (Å²) in [5, 5.41) is 0.888. The van der Waals surface area contributed by atoms with E-state index < -0.39 is 9.84 Å². The van der Waals surface area contributed by atoms with E-state index in [-0.39, 0.29) is 0 Å². The molecule has 0 saturated carbocycles. The summed E-state index contributed by atoms with van der Waals surface area (Å²) >= 11 is 0. The van der Waals surface area contributed by atoms with Gasteiger partial charge in [-0.1, -0.05) is 6.42 Å². The molecule has 0 unspecified atom stereocenters. The SMILES string of the molecule is Cc1nc(N(C)CCN2CCCC[C@H]2C)nc2cc(S(C)(=O)=O)ccc12. The fraction of sp³-hybridized carbons (Fsp3) is 0.579. The van der Waals surface area contributed by atoms with Crippen LogP contribution >= 0.6 is 0 Å². The maximum Gasteiger partial charge on any atom is 0.225 e. The van der Waals surface area contributed by atoms with Crippen molar-refractivity contribution in [1.82, 2.24) is 14.9 Å². The van der Waals surface area contributed by atoms with Crippen LogP contribution in [0, 0.1) is 6.92 Å². The number of anilines is 1. The number of likely N-dealkylation sites (tertiary alicyclic amines) is 1. The zero-order valence-electron chi connectivity index (χ0n) is 16.1. The van der Waals surface area contributed by atoms with Crippen LogP contribution in [-0.4, -0.2) is 62.3 Å². The lowest BCUT2D eigenvalue weighted by molar-refractivity contribution is 0.165. The van der Waals surface area contributed by atoms with Crippen LogP contribution in [0.3, 0.4) is 0 Å². The molecule has 1 saturated heterocycles. The number of likely N-dealkylation sites (N-methyl/N-ethyl adjacent to an activating group) is 1. The number of aromatic nitrogens is 2. The van der Waals surface area contributed by atoms with Crippen LogP contribution in [0.15, 0.2) is 23.1 Å². The van der Waals surface area contributed by atoms with Crippen LogP contribution in [0.5, 0.6) is 0 Å². The second-order valence-electron chi connectivity index (χ2n) is 7.36. The number of piperidine rings is 1. The third-order valence-corrected chi connectivity index (χ3v) is 6.39. The molecule has 2 heterocycles. The smallest absolute Gasteiger partial charge is 0.225 e. The van der Waals surface area contributed by atoms with Crippen LogP contribution in [0.4, 0.5) is 5.95 Å². The van der Waals surface area contributed by atoms with Crippen LogP contribution in [0.1, 0.15) is 31.9 Å². The average Bonchev–Trinajstić information content (AvgIpc) is 2.59. The minimum absolute atomic E-state index is 0.291. The summed E-state index contributed by atoms with van der Waals surface area (Å²) in [6, 6.07) is 5.69. The highest BCUT2D eigenvalue weighted by Crippen LogP contribution is 2.22. The Morgan fingerprint density at radius 2 is 2.04 bits per heavy atom. The number of rotatable bonds is 5. The van der Waals surface area contributed by atoms with Crippen LogP contribution in [0.25, 0.3) is 10.9 Å². The molecule has 0 radical (unpaired) electrons. The number of aryl methyl sites for hydroxylation is 1. The molecule has 1 fully saturated rings. The molecule has 1 aromatic carbocycles. The molecule has 3 rings (SSSR count). The molecule has 6 nitrogen and oxygen atoms in total. The van der Waals surface area contributed by atoms with Gasteiger partial charge in [0.05, 0.1) is 16.1 Å². The van der Waals surface area contributed by atoms with Crippen molar-refractivity contribution in [1.29, 1.82) is 0 Å². The molecule has 0 N–H and O–H groups in total. The van der Waals surface area contributed by atoms with Gasteiger partial charge in [0.2, 0.25) is 5.95 Å². The van der Waals surface area contributed by atoms with Crippen molar-refractivity contribution in [3.63, 3.8) is 0 Å².